The third-order valence-corrected chi connectivity index (χ3v) is 11.0. The Morgan fingerprint density at radius 2 is 1.11 bits per heavy atom. The van der Waals surface area contributed by atoms with Gasteiger partial charge in [0.05, 0.1) is 20.2 Å². The fourth-order valence-electron chi connectivity index (χ4n) is 7.71. The van der Waals surface area contributed by atoms with Crippen molar-refractivity contribution in [1.29, 1.82) is 5.41 Å². The molecule has 0 aromatic rings. The summed E-state index contributed by atoms with van der Waals surface area (Å²) in [5.41, 5.74) is 1.97. The lowest BCUT2D eigenvalue weighted by Crippen LogP contribution is -2.61. The van der Waals surface area contributed by atoms with Crippen LogP contribution in [0.2, 0.25) is 0 Å². The molecule has 320 valence electrons. The van der Waals surface area contributed by atoms with Crippen LogP contribution < -0.4 is 5.32 Å². The number of nitrogens with one attached hydrogen (secondary N) is 2. The average molecular weight is 762 g/mol. The van der Waals surface area contributed by atoms with E-state index in [1.165, 1.54) is 192 Å². The summed E-state index contributed by atoms with van der Waals surface area (Å²) < 4.78 is 6.91. The molecule has 1 aliphatic rings. The first-order chi connectivity index (χ1) is 26.4. The van der Waals surface area contributed by atoms with Crippen molar-refractivity contribution in [3.63, 3.8) is 0 Å². The molecule has 2 N–H and O–H groups in total. The SMILES string of the molecule is CC.CC=O.CCCCCCCCCCCCCCCCCCCNC(CCCCCCCCC)[N+]1(C)CCC=C(C(=NC)C(=N)OCCCCCC)C1. The van der Waals surface area contributed by atoms with E-state index in [-0.39, 0.29) is 5.90 Å². The van der Waals surface area contributed by atoms with Crippen LogP contribution in [0.1, 0.15) is 234 Å². The van der Waals surface area contributed by atoms with Gasteiger partial charge in [-0.15, -0.1) is 0 Å². The van der Waals surface area contributed by atoms with Gasteiger partial charge in [-0.2, -0.15) is 0 Å². The van der Waals surface area contributed by atoms with E-state index in [0.29, 0.717) is 12.8 Å². The zero-order valence-corrected chi connectivity index (χ0v) is 38.0. The molecule has 1 rings (SSSR count). The molecule has 2 unspecified atom stereocenters. The Labute approximate surface area is 339 Å². The molecule has 0 saturated carbocycles. The summed E-state index contributed by atoms with van der Waals surface area (Å²) in [6.45, 7) is 16.1. The van der Waals surface area contributed by atoms with Gasteiger partial charge in [0.25, 0.3) is 0 Å². The van der Waals surface area contributed by atoms with Crippen molar-refractivity contribution in [2.24, 2.45) is 4.99 Å². The van der Waals surface area contributed by atoms with Crippen molar-refractivity contribution in [2.75, 3.05) is 40.3 Å². The van der Waals surface area contributed by atoms with Gasteiger partial charge < -0.3 is 14.0 Å². The second kappa shape index (κ2) is 42.6. The standard InChI is InChI=1S/C44H87N4O.C2H4O.C2H6/c1-6-9-12-15-17-18-19-20-21-22-23-24-25-26-28-30-32-37-47-42(36-31-29-27-16-13-10-7-2)48(5)38-34-35-41(40-48)43(46-4)44(45)49-39-33-14-11-8-3;1-2-3;1-2/h35,42,45,47H,6-34,36-40H2,1-5H3;2H,1H3;1-2H3/q+1;;. The molecule has 0 aliphatic carbocycles. The van der Waals surface area contributed by atoms with Gasteiger partial charge in [0.1, 0.15) is 24.7 Å². The van der Waals surface area contributed by atoms with Gasteiger partial charge in [-0.25, -0.2) is 0 Å². The maximum atomic E-state index is 8.81. The lowest BCUT2D eigenvalue weighted by atomic mass is 9.99. The van der Waals surface area contributed by atoms with Gasteiger partial charge in [-0.1, -0.05) is 201 Å². The molecule has 1 heterocycles. The number of aldehydes is 1. The molecular formula is C48H97N4O2+. The van der Waals surface area contributed by atoms with Crippen LogP contribution in [0.5, 0.6) is 0 Å². The van der Waals surface area contributed by atoms with Crippen LogP contribution in [0.15, 0.2) is 16.6 Å². The molecule has 0 radical (unpaired) electrons. The second-order valence-corrected chi connectivity index (χ2v) is 16.0. The van der Waals surface area contributed by atoms with Crippen molar-refractivity contribution >= 4 is 17.9 Å². The van der Waals surface area contributed by atoms with Crippen LogP contribution in [0.4, 0.5) is 0 Å². The van der Waals surface area contributed by atoms with Crippen LogP contribution >= 0.6 is 0 Å². The maximum Gasteiger partial charge on any atom is 0.232 e. The number of nitrogens with zero attached hydrogens (tertiary/aromatic N) is 2. The number of unbranched alkanes of at least 4 members (excludes halogenated alkanes) is 25. The molecule has 0 spiro atoms. The number of ether oxygens (including phenoxy) is 1. The lowest BCUT2D eigenvalue weighted by Gasteiger charge is -2.44. The van der Waals surface area contributed by atoms with Crippen LogP contribution in [0.3, 0.4) is 0 Å². The number of aliphatic imine (C=N–C) groups is 1. The summed E-state index contributed by atoms with van der Waals surface area (Å²) in [5.74, 6) is 0.263. The number of likely N-dealkylation sites (N-methyl/N-ethyl adjacent to an activating group) is 1. The van der Waals surface area contributed by atoms with Gasteiger partial charge in [0, 0.05) is 32.0 Å². The Morgan fingerprint density at radius 1 is 0.722 bits per heavy atom. The summed E-state index contributed by atoms with van der Waals surface area (Å²) in [7, 11) is 4.28. The predicted octanol–water partition coefficient (Wildman–Crippen LogP) is 14.3. The minimum absolute atomic E-state index is 0.263. The smallest absolute Gasteiger partial charge is 0.232 e. The Bertz CT molecular complexity index is 873. The van der Waals surface area contributed by atoms with Gasteiger partial charge in [-0.05, 0) is 26.2 Å². The molecule has 1 aliphatic heterocycles. The predicted molar refractivity (Wildman–Crippen MR) is 241 cm³/mol. The number of hydrogen-bond donors (Lipinski definition) is 2. The number of hydrogen-bond acceptors (Lipinski definition) is 5. The fraction of sp³-hybridized carbons (Fsp3) is 0.896. The highest BCUT2D eigenvalue weighted by Gasteiger charge is 2.36. The molecule has 0 aromatic heterocycles. The third-order valence-electron chi connectivity index (χ3n) is 11.0. The minimum atomic E-state index is 0.263. The molecule has 2 atom stereocenters. The Morgan fingerprint density at radius 3 is 1.54 bits per heavy atom. The van der Waals surface area contributed by atoms with Crippen molar-refractivity contribution in [3.05, 3.63) is 11.6 Å². The summed E-state index contributed by atoms with van der Waals surface area (Å²) in [4.78, 5) is 13.4. The van der Waals surface area contributed by atoms with Crippen molar-refractivity contribution < 1.29 is 14.0 Å². The third kappa shape index (κ3) is 31.7. The number of carbonyl (C=O) groups excluding carboxylic acids is 1. The van der Waals surface area contributed by atoms with Crippen LogP contribution in [-0.4, -0.2) is 68.9 Å². The van der Waals surface area contributed by atoms with E-state index in [2.05, 4.69) is 44.2 Å². The monoisotopic (exact) mass is 762 g/mol. The summed E-state index contributed by atoms with van der Waals surface area (Å²) in [6.07, 6.45) is 44.2. The van der Waals surface area contributed by atoms with Crippen molar-refractivity contribution in [2.45, 2.75) is 240 Å². The fourth-order valence-corrected chi connectivity index (χ4v) is 7.71. The van der Waals surface area contributed by atoms with Crippen molar-refractivity contribution in [3.8, 4) is 0 Å². The number of carbonyl (C=O) groups is 1. The first kappa shape index (κ1) is 54.6. The number of quaternary nitrogens is 1. The molecule has 6 heteroatoms. The van der Waals surface area contributed by atoms with Gasteiger partial charge in [0.2, 0.25) is 5.90 Å². The zero-order chi connectivity index (χ0) is 40.4. The Kier molecular flexibility index (Phi) is 43.1. The number of rotatable bonds is 35. The normalized spacial score (nSPS) is 16.1. The van der Waals surface area contributed by atoms with E-state index in [1.807, 2.05) is 20.9 Å². The van der Waals surface area contributed by atoms with E-state index < -0.39 is 0 Å². The van der Waals surface area contributed by atoms with Crippen LogP contribution in [0.25, 0.3) is 0 Å². The quantitative estimate of drug-likeness (QED) is 0.0222. The highest BCUT2D eigenvalue weighted by molar-refractivity contribution is 6.44. The second-order valence-electron chi connectivity index (χ2n) is 16.0. The van der Waals surface area contributed by atoms with Crippen LogP contribution in [-0.2, 0) is 9.53 Å². The zero-order valence-electron chi connectivity index (χ0n) is 38.0. The first-order valence-electron chi connectivity index (χ1n) is 23.8. The summed E-state index contributed by atoms with van der Waals surface area (Å²) >= 11 is 0. The maximum absolute atomic E-state index is 8.81. The molecule has 0 fully saturated rings. The van der Waals surface area contributed by atoms with E-state index in [1.54, 1.807) is 0 Å². The van der Waals surface area contributed by atoms with E-state index >= 15 is 0 Å². The topological polar surface area (TPSA) is 74.5 Å². The Balaban J connectivity index is 0. The molecule has 0 bridgehead atoms. The molecule has 0 amide bonds. The minimum Gasteiger partial charge on any atom is -0.477 e. The highest BCUT2D eigenvalue weighted by atomic mass is 16.5. The van der Waals surface area contributed by atoms with Crippen molar-refractivity contribution in [1.82, 2.24) is 5.32 Å². The van der Waals surface area contributed by atoms with Gasteiger partial charge >= 0.3 is 0 Å². The lowest BCUT2D eigenvalue weighted by molar-refractivity contribution is -0.933. The van der Waals surface area contributed by atoms with E-state index in [4.69, 9.17) is 14.9 Å². The molecule has 6 nitrogen and oxygen atoms in total. The summed E-state index contributed by atoms with van der Waals surface area (Å²) in [6, 6.07) is 0. The first-order valence-corrected chi connectivity index (χ1v) is 23.8. The summed E-state index contributed by atoms with van der Waals surface area (Å²) in [5, 5.41) is 12.8. The average Bonchev–Trinajstić information content (AvgIpc) is 3.17. The molecule has 54 heavy (non-hydrogen) atoms. The largest absolute Gasteiger partial charge is 0.477 e. The molecular weight excluding hydrogens is 665 g/mol. The van der Waals surface area contributed by atoms with Crippen LogP contribution in [0, 0.1) is 5.41 Å². The Hall–Kier alpha value is -1.53. The van der Waals surface area contributed by atoms with E-state index in [9.17, 15) is 0 Å². The van der Waals surface area contributed by atoms with Gasteiger partial charge in [-0.3, -0.25) is 15.7 Å². The van der Waals surface area contributed by atoms with Gasteiger partial charge in [0.15, 0.2) is 0 Å². The van der Waals surface area contributed by atoms with E-state index in [0.717, 1.165) is 49.0 Å². The highest BCUT2D eigenvalue weighted by Crippen LogP contribution is 2.25. The molecule has 0 saturated heterocycles. The molecule has 0 aromatic carbocycles.